The van der Waals surface area contributed by atoms with Crippen LogP contribution in [0, 0.1) is 5.92 Å². The molecule has 1 aromatic heterocycles. The lowest BCUT2D eigenvalue weighted by Gasteiger charge is -2.32. The van der Waals surface area contributed by atoms with Crippen LogP contribution in [0.4, 0.5) is 0 Å². The van der Waals surface area contributed by atoms with Gasteiger partial charge in [-0.1, -0.05) is 13.8 Å². The number of carbonyl (C=O) groups is 2. The van der Waals surface area contributed by atoms with Gasteiger partial charge < -0.3 is 15.2 Å². The number of hydrogen-bond acceptors (Lipinski definition) is 4. The number of amides is 1. The summed E-state index contributed by atoms with van der Waals surface area (Å²) >= 11 is 0. The Morgan fingerprint density at radius 1 is 1.43 bits per heavy atom. The van der Waals surface area contributed by atoms with Gasteiger partial charge in [0.1, 0.15) is 5.69 Å². The van der Waals surface area contributed by atoms with Crippen molar-refractivity contribution in [1.82, 2.24) is 10.3 Å². The molecule has 2 N–H and O–H groups in total. The fourth-order valence-corrected chi connectivity index (χ4v) is 2.35. The first-order valence-electron chi connectivity index (χ1n) is 7.09. The van der Waals surface area contributed by atoms with Crippen LogP contribution < -0.4 is 5.32 Å². The molecule has 0 bridgehead atoms. The average Bonchev–Trinajstić information content (AvgIpc) is 2.47. The van der Waals surface area contributed by atoms with Gasteiger partial charge in [0, 0.05) is 18.8 Å². The van der Waals surface area contributed by atoms with Crippen LogP contribution >= 0.6 is 0 Å². The smallest absolute Gasteiger partial charge is 0.354 e. The molecule has 2 unspecified atom stereocenters. The van der Waals surface area contributed by atoms with Crippen molar-refractivity contribution in [1.29, 1.82) is 0 Å². The summed E-state index contributed by atoms with van der Waals surface area (Å²) in [5.41, 5.74) is 0.296. The third kappa shape index (κ3) is 4.01. The summed E-state index contributed by atoms with van der Waals surface area (Å²) in [6.45, 7) is 4.84. The van der Waals surface area contributed by atoms with Crippen LogP contribution in [-0.2, 0) is 4.74 Å². The Hall–Kier alpha value is -1.95. The normalized spacial score (nSPS) is 22.0. The van der Waals surface area contributed by atoms with Crippen molar-refractivity contribution >= 4 is 11.9 Å². The fraction of sp³-hybridized carbons (Fsp3) is 0.533. The second-order valence-electron chi connectivity index (χ2n) is 5.59. The lowest BCUT2D eigenvalue weighted by Crippen LogP contribution is -2.43. The molecule has 0 aliphatic carbocycles. The second-order valence-corrected chi connectivity index (χ2v) is 5.59. The number of rotatable bonds is 4. The lowest BCUT2D eigenvalue weighted by atomic mass is 9.95. The summed E-state index contributed by atoms with van der Waals surface area (Å²) in [5, 5.41) is 11.7. The van der Waals surface area contributed by atoms with E-state index in [1.54, 1.807) is 0 Å². The molecule has 0 saturated carbocycles. The van der Waals surface area contributed by atoms with E-state index in [4.69, 9.17) is 9.84 Å². The molecule has 1 saturated heterocycles. The van der Waals surface area contributed by atoms with Crippen LogP contribution in [-0.4, -0.2) is 40.7 Å². The zero-order chi connectivity index (χ0) is 15.4. The van der Waals surface area contributed by atoms with Crippen molar-refractivity contribution in [3.05, 3.63) is 29.6 Å². The standard InChI is InChI=1S/C15H20N2O4/c1-9(2)13-7-11(5-6-21-13)17-14(18)10-3-4-12(15(19)20)16-8-10/h3-4,8-9,11,13H,5-7H2,1-2H3,(H,17,18)(H,19,20). The molecule has 2 rings (SSSR count). The second kappa shape index (κ2) is 6.67. The topological polar surface area (TPSA) is 88.5 Å². The minimum Gasteiger partial charge on any atom is -0.477 e. The van der Waals surface area contributed by atoms with E-state index in [0.29, 0.717) is 18.1 Å². The highest BCUT2D eigenvalue weighted by Gasteiger charge is 2.26. The Bertz CT molecular complexity index is 513. The van der Waals surface area contributed by atoms with Crippen molar-refractivity contribution < 1.29 is 19.4 Å². The zero-order valence-electron chi connectivity index (χ0n) is 12.2. The van der Waals surface area contributed by atoms with Crippen molar-refractivity contribution in [2.24, 2.45) is 5.92 Å². The predicted molar refractivity (Wildman–Crippen MR) is 76.3 cm³/mol. The van der Waals surface area contributed by atoms with Crippen molar-refractivity contribution in [3.8, 4) is 0 Å². The molecule has 6 nitrogen and oxygen atoms in total. The van der Waals surface area contributed by atoms with E-state index >= 15 is 0 Å². The summed E-state index contributed by atoms with van der Waals surface area (Å²) in [4.78, 5) is 26.6. The highest BCUT2D eigenvalue weighted by Crippen LogP contribution is 2.20. The minimum absolute atomic E-state index is 0.0718. The molecule has 1 aliphatic heterocycles. The predicted octanol–water partition coefficient (Wildman–Crippen LogP) is 1.71. The van der Waals surface area contributed by atoms with Crippen LogP contribution in [0.2, 0.25) is 0 Å². The number of ether oxygens (including phenoxy) is 1. The summed E-state index contributed by atoms with van der Waals surface area (Å²) < 4.78 is 5.67. The first-order valence-corrected chi connectivity index (χ1v) is 7.09. The number of carboxylic acid groups (broad SMARTS) is 1. The van der Waals surface area contributed by atoms with Crippen molar-refractivity contribution in [2.45, 2.75) is 38.8 Å². The third-order valence-corrected chi connectivity index (χ3v) is 3.64. The van der Waals surface area contributed by atoms with E-state index in [1.165, 1.54) is 18.3 Å². The molecule has 1 fully saturated rings. The number of pyridine rings is 1. The SMILES string of the molecule is CC(C)C1CC(NC(=O)c2ccc(C(=O)O)nc2)CCO1. The number of carbonyl (C=O) groups excluding carboxylic acids is 1. The Balaban J connectivity index is 1.96. The Morgan fingerprint density at radius 3 is 2.76 bits per heavy atom. The summed E-state index contributed by atoms with van der Waals surface area (Å²) in [6.07, 6.45) is 3.04. The number of carboxylic acids is 1. The van der Waals surface area contributed by atoms with Gasteiger partial charge in [0.05, 0.1) is 11.7 Å². The van der Waals surface area contributed by atoms with Crippen LogP contribution in [0.1, 0.15) is 47.5 Å². The van der Waals surface area contributed by atoms with Crippen LogP contribution in [0.25, 0.3) is 0 Å². The Labute approximate surface area is 123 Å². The van der Waals surface area contributed by atoms with E-state index in [9.17, 15) is 9.59 Å². The molecule has 1 amide bonds. The maximum absolute atomic E-state index is 12.1. The lowest BCUT2D eigenvalue weighted by molar-refractivity contribution is -0.0233. The molecule has 6 heteroatoms. The van der Waals surface area contributed by atoms with E-state index < -0.39 is 5.97 Å². The van der Waals surface area contributed by atoms with Gasteiger partial charge in [0.2, 0.25) is 0 Å². The van der Waals surface area contributed by atoms with Gasteiger partial charge in [0.15, 0.2) is 0 Å². The van der Waals surface area contributed by atoms with E-state index in [2.05, 4.69) is 24.1 Å². The number of hydrogen-bond donors (Lipinski definition) is 2. The van der Waals surface area contributed by atoms with E-state index in [1.807, 2.05) is 0 Å². The molecule has 114 valence electrons. The highest BCUT2D eigenvalue weighted by molar-refractivity contribution is 5.95. The maximum atomic E-state index is 12.1. The molecule has 0 radical (unpaired) electrons. The van der Waals surface area contributed by atoms with Crippen LogP contribution in [0.15, 0.2) is 18.3 Å². The first-order chi connectivity index (χ1) is 9.97. The molecule has 2 atom stereocenters. The highest BCUT2D eigenvalue weighted by atomic mass is 16.5. The first kappa shape index (κ1) is 15.4. The number of aromatic nitrogens is 1. The van der Waals surface area contributed by atoms with Gasteiger partial charge in [-0.05, 0) is 30.9 Å². The molecular weight excluding hydrogens is 272 g/mol. The average molecular weight is 292 g/mol. The molecule has 2 heterocycles. The zero-order valence-corrected chi connectivity index (χ0v) is 12.2. The summed E-state index contributed by atoms with van der Waals surface area (Å²) in [5.74, 6) is -0.916. The van der Waals surface area contributed by atoms with Gasteiger partial charge in [-0.2, -0.15) is 0 Å². The van der Waals surface area contributed by atoms with E-state index in [0.717, 1.165) is 12.8 Å². The Kier molecular flexibility index (Phi) is 4.90. The van der Waals surface area contributed by atoms with Crippen LogP contribution in [0.5, 0.6) is 0 Å². The minimum atomic E-state index is -1.11. The number of nitrogens with one attached hydrogen (secondary N) is 1. The fourth-order valence-electron chi connectivity index (χ4n) is 2.35. The summed E-state index contributed by atoms with van der Waals surface area (Å²) in [6, 6.07) is 2.89. The summed E-state index contributed by atoms with van der Waals surface area (Å²) in [7, 11) is 0. The van der Waals surface area contributed by atoms with Crippen molar-refractivity contribution in [2.75, 3.05) is 6.61 Å². The molecule has 0 aromatic carbocycles. The molecule has 1 aromatic rings. The number of aromatic carboxylic acids is 1. The molecule has 1 aliphatic rings. The van der Waals surface area contributed by atoms with Crippen LogP contribution in [0.3, 0.4) is 0 Å². The van der Waals surface area contributed by atoms with Crippen molar-refractivity contribution in [3.63, 3.8) is 0 Å². The van der Waals surface area contributed by atoms with E-state index in [-0.39, 0.29) is 23.7 Å². The third-order valence-electron chi connectivity index (χ3n) is 3.64. The van der Waals surface area contributed by atoms with Gasteiger partial charge >= 0.3 is 5.97 Å². The molecule has 0 spiro atoms. The largest absolute Gasteiger partial charge is 0.477 e. The quantitative estimate of drug-likeness (QED) is 0.882. The maximum Gasteiger partial charge on any atom is 0.354 e. The van der Waals surface area contributed by atoms with Gasteiger partial charge in [-0.3, -0.25) is 4.79 Å². The molecule has 21 heavy (non-hydrogen) atoms. The van der Waals surface area contributed by atoms with Gasteiger partial charge in [-0.15, -0.1) is 0 Å². The number of nitrogens with zero attached hydrogens (tertiary/aromatic N) is 1. The Morgan fingerprint density at radius 2 is 2.19 bits per heavy atom. The van der Waals surface area contributed by atoms with Gasteiger partial charge in [-0.25, -0.2) is 9.78 Å². The molecular formula is C15H20N2O4. The van der Waals surface area contributed by atoms with Gasteiger partial charge in [0.25, 0.3) is 5.91 Å². The monoisotopic (exact) mass is 292 g/mol.